The number of nitrogens with two attached hydrogens (primary N) is 1. The van der Waals surface area contributed by atoms with Crippen LogP contribution in [0.4, 0.5) is 5.88 Å². The Morgan fingerprint density at radius 3 is 2.67 bits per heavy atom. The van der Waals surface area contributed by atoms with Crippen LogP contribution in [0.3, 0.4) is 0 Å². The third-order valence-corrected chi connectivity index (χ3v) is 2.98. The van der Waals surface area contributed by atoms with Crippen LogP contribution in [0.2, 0.25) is 0 Å². The van der Waals surface area contributed by atoms with Gasteiger partial charge in [0.25, 0.3) is 0 Å². The number of ether oxygens (including phenoxy) is 1. The minimum absolute atomic E-state index is 0.231. The van der Waals surface area contributed by atoms with Crippen LogP contribution in [0.5, 0.6) is 0 Å². The van der Waals surface area contributed by atoms with Gasteiger partial charge in [-0.15, -0.1) is 0 Å². The summed E-state index contributed by atoms with van der Waals surface area (Å²) in [5, 5.41) is 3.63. The zero-order valence-corrected chi connectivity index (χ0v) is 10.5. The Hall–Kier alpha value is -2.30. The first kappa shape index (κ1) is 12.2. The first-order valence-corrected chi connectivity index (χ1v) is 5.44. The molecule has 0 radical (unpaired) electrons. The van der Waals surface area contributed by atoms with Gasteiger partial charge >= 0.3 is 5.97 Å². The van der Waals surface area contributed by atoms with Gasteiger partial charge < -0.3 is 15.0 Å². The highest BCUT2D eigenvalue weighted by molar-refractivity contribution is 5.93. The number of anilines is 1. The number of aromatic nitrogens is 1. The minimum atomic E-state index is -0.368. The van der Waals surface area contributed by atoms with Crippen LogP contribution in [0.15, 0.2) is 22.9 Å². The van der Waals surface area contributed by atoms with E-state index in [1.54, 1.807) is 6.07 Å². The fourth-order valence-corrected chi connectivity index (χ4v) is 1.80. The number of carbonyl (C=O) groups is 1. The lowest BCUT2D eigenvalue weighted by Gasteiger charge is -2.09. The molecule has 2 aromatic rings. The van der Waals surface area contributed by atoms with Gasteiger partial charge in [-0.25, -0.2) is 4.79 Å². The molecule has 5 nitrogen and oxygen atoms in total. The summed E-state index contributed by atoms with van der Waals surface area (Å²) < 4.78 is 9.59. The Morgan fingerprint density at radius 1 is 1.39 bits per heavy atom. The molecule has 0 spiro atoms. The Bertz CT molecular complexity index is 602. The van der Waals surface area contributed by atoms with Crippen LogP contribution >= 0.6 is 0 Å². The van der Waals surface area contributed by atoms with Gasteiger partial charge in [0, 0.05) is 0 Å². The molecule has 2 rings (SSSR count). The molecule has 0 fully saturated rings. The fourth-order valence-electron chi connectivity index (χ4n) is 1.80. The molecule has 0 saturated carbocycles. The Kier molecular flexibility index (Phi) is 3.06. The van der Waals surface area contributed by atoms with Crippen molar-refractivity contribution in [2.75, 3.05) is 12.8 Å². The molecule has 0 saturated heterocycles. The summed E-state index contributed by atoms with van der Waals surface area (Å²) in [5.41, 5.74) is 9.52. The number of hydrogen-bond donors (Lipinski definition) is 1. The van der Waals surface area contributed by atoms with Crippen LogP contribution in [0, 0.1) is 13.8 Å². The van der Waals surface area contributed by atoms with Gasteiger partial charge in [-0.2, -0.15) is 0 Å². The van der Waals surface area contributed by atoms with Crippen molar-refractivity contribution in [1.82, 2.24) is 5.16 Å². The second-order valence-electron chi connectivity index (χ2n) is 4.06. The van der Waals surface area contributed by atoms with Gasteiger partial charge in [0.2, 0.25) is 5.88 Å². The minimum Gasteiger partial charge on any atom is -0.465 e. The summed E-state index contributed by atoms with van der Waals surface area (Å²) in [6.45, 7) is 3.80. The van der Waals surface area contributed by atoms with Crippen molar-refractivity contribution in [2.24, 2.45) is 0 Å². The molecule has 0 unspecified atom stereocenters. The fraction of sp³-hybridized carbons (Fsp3) is 0.231. The maximum Gasteiger partial charge on any atom is 0.338 e. The number of nitrogen functional groups attached to an aromatic ring is 1. The van der Waals surface area contributed by atoms with Gasteiger partial charge in [0.15, 0.2) is 0 Å². The Balaban J connectivity index is 2.61. The zero-order chi connectivity index (χ0) is 13.3. The molecule has 1 aromatic heterocycles. The quantitative estimate of drug-likeness (QED) is 0.823. The van der Waals surface area contributed by atoms with Crippen LogP contribution in [0.25, 0.3) is 11.1 Å². The summed E-state index contributed by atoms with van der Waals surface area (Å²) in [5.74, 6) is -0.137. The number of methoxy groups -OCH3 is 1. The monoisotopic (exact) mass is 246 g/mol. The maximum absolute atomic E-state index is 11.7. The molecule has 0 bridgehead atoms. The van der Waals surface area contributed by atoms with Crippen LogP contribution in [0.1, 0.15) is 21.5 Å². The van der Waals surface area contributed by atoms with Crippen molar-refractivity contribution in [2.45, 2.75) is 13.8 Å². The lowest BCUT2D eigenvalue weighted by molar-refractivity contribution is 0.0600. The van der Waals surface area contributed by atoms with Crippen molar-refractivity contribution in [3.8, 4) is 11.1 Å². The van der Waals surface area contributed by atoms with E-state index in [-0.39, 0.29) is 11.9 Å². The molecule has 0 aliphatic heterocycles. The van der Waals surface area contributed by atoms with E-state index in [1.165, 1.54) is 13.3 Å². The molecule has 5 heteroatoms. The molecule has 1 heterocycles. The summed E-state index contributed by atoms with van der Waals surface area (Å²) in [6, 6.07) is 3.67. The number of carbonyl (C=O) groups excluding carboxylic acids is 1. The van der Waals surface area contributed by atoms with E-state index in [0.29, 0.717) is 11.1 Å². The highest BCUT2D eigenvalue weighted by Crippen LogP contribution is 2.29. The highest BCUT2D eigenvalue weighted by Gasteiger charge is 2.15. The van der Waals surface area contributed by atoms with E-state index >= 15 is 0 Å². The van der Waals surface area contributed by atoms with E-state index in [0.717, 1.165) is 16.7 Å². The van der Waals surface area contributed by atoms with E-state index < -0.39 is 0 Å². The molecule has 0 amide bonds. The molecule has 0 atom stereocenters. The number of nitrogens with zero attached hydrogens (tertiary/aromatic N) is 1. The van der Waals surface area contributed by atoms with Crippen LogP contribution < -0.4 is 5.73 Å². The van der Waals surface area contributed by atoms with Gasteiger partial charge in [-0.1, -0.05) is 11.2 Å². The number of esters is 1. The predicted molar refractivity (Wildman–Crippen MR) is 67.2 cm³/mol. The average molecular weight is 246 g/mol. The third-order valence-electron chi connectivity index (χ3n) is 2.98. The van der Waals surface area contributed by atoms with Crippen molar-refractivity contribution in [3.63, 3.8) is 0 Å². The zero-order valence-electron chi connectivity index (χ0n) is 10.5. The molecule has 2 N–H and O–H groups in total. The summed E-state index contributed by atoms with van der Waals surface area (Å²) >= 11 is 0. The largest absolute Gasteiger partial charge is 0.465 e. The summed E-state index contributed by atoms with van der Waals surface area (Å²) in [7, 11) is 1.36. The number of benzene rings is 1. The average Bonchev–Trinajstić information content (AvgIpc) is 2.78. The standard InChI is InChI=1S/C13H14N2O3/c1-7-4-9(11-6-15-18-12(11)14)5-10(8(7)2)13(16)17-3/h4-6H,14H2,1-3H3. The molecular weight excluding hydrogens is 232 g/mol. The van der Waals surface area contributed by atoms with Crippen LogP contribution in [-0.2, 0) is 4.74 Å². The van der Waals surface area contributed by atoms with E-state index in [2.05, 4.69) is 5.16 Å². The SMILES string of the molecule is COC(=O)c1cc(-c2cnoc2N)cc(C)c1C. The maximum atomic E-state index is 11.7. The lowest BCUT2D eigenvalue weighted by atomic mass is 9.97. The second-order valence-corrected chi connectivity index (χ2v) is 4.06. The normalized spacial score (nSPS) is 10.4. The second kappa shape index (κ2) is 4.52. The molecule has 18 heavy (non-hydrogen) atoms. The van der Waals surface area contributed by atoms with Gasteiger partial charge in [0.05, 0.1) is 24.4 Å². The van der Waals surface area contributed by atoms with Crippen molar-refractivity contribution in [3.05, 3.63) is 35.0 Å². The topological polar surface area (TPSA) is 78.3 Å². The number of aryl methyl sites for hydroxylation is 1. The molecule has 1 aromatic carbocycles. The number of rotatable bonds is 2. The summed E-state index contributed by atoms with van der Waals surface area (Å²) in [4.78, 5) is 11.7. The molecule has 94 valence electrons. The first-order chi connectivity index (χ1) is 8.54. The number of hydrogen-bond acceptors (Lipinski definition) is 5. The van der Waals surface area contributed by atoms with Crippen molar-refractivity contribution >= 4 is 11.9 Å². The van der Waals surface area contributed by atoms with Crippen molar-refractivity contribution < 1.29 is 14.1 Å². The Labute approximate surface area is 105 Å². The third kappa shape index (κ3) is 1.95. The highest BCUT2D eigenvalue weighted by atomic mass is 16.5. The predicted octanol–water partition coefficient (Wildman–Crippen LogP) is 2.33. The Morgan fingerprint density at radius 2 is 2.11 bits per heavy atom. The van der Waals surface area contributed by atoms with Crippen molar-refractivity contribution in [1.29, 1.82) is 0 Å². The molecule has 0 aliphatic carbocycles. The van der Waals surface area contributed by atoms with E-state index in [4.69, 9.17) is 15.0 Å². The van der Waals surface area contributed by atoms with Crippen LogP contribution in [-0.4, -0.2) is 18.2 Å². The van der Waals surface area contributed by atoms with Gasteiger partial charge in [0.1, 0.15) is 0 Å². The molecule has 0 aliphatic rings. The van der Waals surface area contributed by atoms with E-state index in [9.17, 15) is 4.79 Å². The van der Waals surface area contributed by atoms with Gasteiger partial charge in [-0.3, -0.25) is 0 Å². The first-order valence-electron chi connectivity index (χ1n) is 5.44. The summed E-state index contributed by atoms with van der Waals surface area (Å²) in [6.07, 6.45) is 1.53. The smallest absolute Gasteiger partial charge is 0.338 e. The van der Waals surface area contributed by atoms with Gasteiger partial charge in [-0.05, 0) is 36.6 Å². The molecular formula is C13H14N2O3. The lowest BCUT2D eigenvalue weighted by Crippen LogP contribution is -2.05. The van der Waals surface area contributed by atoms with E-state index in [1.807, 2.05) is 19.9 Å².